The normalized spacial score (nSPS) is 10.8. The number of hydrogen-bond donors (Lipinski definition) is 1. The number of esters is 1. The van der Waals surface area contributed by atoms with Gasteiger partial charge in [-0.15, -0.1) is 0 Å². The Morgan fingerprint density at radius 2 is 2.07 bits per heavy atom. The van der Waals surface area contributed by atoms with Crippen LogP contribution in [0.25, 0.3) is 0 Å². The molecule has 2 heterocycles. The molecule has 10 heteroatoms. The Labute approximate surface area is 172 Å². The summed E-state index contributed by atoms with van der Waals surface area (Å²) in [6.07, 6.45) is 0.196. The van der Waals surface area contributed by atoms with Crippen molar-refractivity contribution in [1.82, 2.24) is 25.2 Å². The zero-order valence-corrected chi connectivity index (χ0v) is 17.2. The molecule has 29 heavy (non-hydrogen) atoms. The number of rotatable bonds is 6. The minimum atomic E-state index is -0.485. The molecular weight excluding hydrogens is 398 g/mol. The van der Waals surface area contributed by atoms with Gasteiger partial charge in [-0.05, 0) is 37.6 Å². The summed E-state index contributed by atoms with van der Waals surface area (Å²) in [6, 6.07) is 4.75. The fourth-order valence-electron chi connectivity index (χ4n) is 2.86. The van der Waals surface area contributed by atoms with Gasteiger partial charge in [-0.3, -0.25) is 9.48 Å². The van der Waals surface area contributed by atoms with Crippen molar-refractivity contribution in [2.45, 2.75) is 26.8 Å². The molecule has 0 spiro atoms. The van der Waals surface area contributed by atoms with E-state index < -0.39 is 11.9 Å². The standard InChI is InChI=1S/C19H20ClN5O4/c1-10-14(11(2)25(3)23-10)9-21-17(26)18-22-16(24-29-18)8-13-7-12(19(27)28-4)5-6-15(13)20/h5-7H,8-9H2,1-4H3,(H,21,26). The van der Waals surface area contributed by atoms with Gasteiger partial charge in [0.15, 0.2) is 5.82 Å². The maximum Gasteiger partial charge on any atom is 0.337 e. The lowest BCUT2D eigenvalue weighted by atomic mass is 10.1. The highest BCUT2D eigenvalue weighted by molar-refractivity contribution is 6.31. The van der Waals surface area contributed by atoms with E-state index in [0.29, 0.717) is 22.7 Å². The average Bonchev–Trinajstić information content (AvgIpc) is 3.26. The number of aromatic nitrogens is 4. The lowest BCUT2D eigenvalue weighted by molar-refractivity contribution is 0.0600. The predicted octanol–water partition coefficient (Wildman–Crippen LogP) is 2.38. The molecule has 0 fully saturated rings. The summed E-state index contributed by atoms with van der Waals surface area (Å²) >= 11 is 6.19. The Morgan fingerprint density at radius 1 is 1.31 bits per heavy atom. The lowest BCUT2D eigenvalue weighted by Crippen LogP contribution is -2.23. The average molecular weight is 418 g/mol. The quantitative estimate of drug-likeness (QED) is 0.612. The largest absolute Gasteiger partial charge is 0.465 e. The molecule has 0 aliphatic carbocycles. The van der Waals surface area contributed by atoms with E-state index in [1.54, 1.807) is 22.9 Å². The maximum absolute atomic E-state index is 12.3. The van der Waals surface area contributed by atoms with Crippen LogP contribution in [0, 0.1) is 13.8 Å². The third-order valence-electron chi connectivity index (χ3n) is 4.56. The Morgan fingerprint density at radius 3 is 2.72 bits per heavy atom. The van der Waals surface area contributed by atoms with Crippen LogP contribution in [0.4, 0.5) is 0 Å². The number of amides is 1. The van der Waals surface area contributed by atoms with Crippen LogP contribution in [0.5, 0.6) is 0 Å². The lowest BCUT2D eigenvalue weighted by Gasteiger charge is -2.04. The first kappa shape index (κ1) is 20.5. The van der Waals surface area contributed by atoms with Crippen molar-refractivity contribution in [3.8, 4) is 0 Å². The van der Waals surface area contributed by atoms with Gasteiger partial charge < -0.3 is 14.6 Å². The van der Waals surface area contributed by atoms with Crippen molar-refractivity contribution in [3.63, 3.8) is 0 Å². The van der Waals surface area contributed by atoms with Crippen molar-refractivity contribution >= 4 is 23.5 Å². The Hall–Kier alpha value is -3.20. The molecular formula is C19H20ClN5O4. The fourth-order valence-corrected chi connectivity index (χ4v) is 3.05. The third kappa shape index (κ3) is 4.45. The zero-order valence-electron chi connectivity index (χ0n) is 16.4. The number of nitrogens with zero attached hydrogens (tertiary/aromatic N) is 4. The minimum absolute atomic E-state index is 0.153. The second-order valence-electron chi connectivity index (χ2n) is 6.45. The Kier molecular flexibility index (Phi) is 5.97. The van der Waals surface area contributed by atoms with Gasteiger partial charge in [0.25, 0.3) is 0 Å². The number of carbonyl (C=O) groups is 2. The van der Waals surface area contributed by atoms with Crippen molar-refractivity contribution in [2.75, 3.05) is 7.11 Å². The molecule has 0 radical (unpaired) electrons. The number of benzene rings is 1. The van der Waals surface area contributed by atoms with Crippen LogP contribution >= 0.6 is 11.6 Å². The summed E-state index contributed by atoms with van der Waals surface area (Å²) < 4.78 is 11.5. The van der Waals surface area contributed by atoms with Crippen molar-refractivity contribution in [2.24, 2.45) is 7.05 Å². The second-order valence-corrected chi connectivity index (χ2v) is 6.85. The van der Waals surface area contributed by atoms with Gasteiger partial charge in [0.1, 0.15) is 0 Å². The van der Waals surface area contributed by atoms with Crippen LogP contribution in [0.1, 0.15) is 49.4 Å². The SMILES string of the molecule is COC(=O)c1ccc(Cl)c(Cc2noc(C(=O)NCc3c(C)nn(C)c3C)n2)c1. The number of halogens is 1. The number of aryl methyl sites for hydroxylation is 2. The molecule has 0 aliphatic rings. The molecule has 0 saturated heterocycles. The zero-order chi connectivity index (χ0) is 21.1. The molecule has 9 nitrogen and oxygen atoms in total. The monoisotopic (exact) mass is 417 g/mol. The van der Waals surface area contributed by atoms with Gasteiger partial charge in [-0.25, -0.2) is 4.79 Å². The number of hydrogen-bond acceptors (Lipinski definition) is 7. The van der Waals surface area contributed by atoms with E-state index in [1.165, 1.54) is 7.11 Å². The predicted molar refractivity (Wildman–Crippen MR) is 104 cm³/mol. The smallest absolute Gasteiger partial charge is 0.337 e. The van der Waals surface area contributed by atoms with E-state index in [0.717, 1.165) is 17.0 Å². The van der Waals surface area contributed by atoms with E-state index in [1.807, 2.05) is 20.9 Å². The summed E-state index contributed by atoms with van der Waals surface area (Å²) in [4.78, 5) is 28.1. The molecule has 1 aromatic carbocycles. The molecule has 0 aliphatic heterocycles. The number of carbonyl (C=O) groups excluding carboxylic acids is 2. The molecule has 2 aromatic heterocycles. The van der Waals surface area contributed by atoms with E-state index in [4.69, 9.17) is 20.9 Å². The van der Waals surface area contributed by atoms with E-state index in [2.05, 4.69) is 20.6 Å². The van der Waals surface area contributed by atoms with Gasteiger partial charge in [0, 0.05) is 36.3 Å². The summed E-state index contributed by atoms with van der Waals surface area (Å²) in [7, 11) is 3.15. The fraction of sp³-hybridized carbons (Fsp3) is 0.316. The summed E-state index contributed by atoms with van der Waals surface area (Å²) in [5.41, 5.74) is 3.72. The summed E-state index contributed by atoms with van der Waals surface area (Å²) in [6.45, 7) is 4.11. The third-order valence-corrected chi connectivity index (χ3v) is 4.93. The number of methoxy groups -OCH3 is 1. The van der Waals surface area contributed by atoms with Gasteiger partial charge in [0.05, 0.1) is 18.4 Å². The minimum Gasteiger partial charge on any atom is -0.465 e. The van der Waals surface area contributed by atoms with Crippen LogP contribution in [-0.4, -0.2) is 38.9 Å². The first-order valence-corrected chi connectivity index (χ1v) is 9.14. The molecule has 0 unspecified atom stereocenters. The van der Waals surface area contributed by atoms with Crippen LogP contribution < -0.4 is 5.32 Å². The number of ether oxygens (including phenoxy) is 1. The van der Waals surface area contributed by atoms with Gasteiger partial charge in [0.2, 0.25) is 0 Å². The summed E-state index contributed by atoms with van der Waals surface area (Å²) in [5, 5.41) is 11.3. The van der Waals surface area contributed by atoms with Crippen molar-refractivity contribution in [3.05, 3.63) is 63.0 Å². The highest BCUT2D eigenvalue weighted by Gasteiger charge is 2.18. The van der Waals surface area contributed by atoms with Gasteiger partial charge in [-0.1, -0.05) is 16.8 Å². The molecule has 0 bridgehead atoms. The van der Waals surface area contributed by atoms with Gasteiger partial charge >= 0.3 is 17.8 Å². The second kappa shape index (κ2) is 8.44. The van der Waals surface area contributed by atoms with Crippen LogP contribution in [0.3, 0.4) is 0 Å². The highest BCUT2D eigenvalue weighted by Crippen LogP contribution is 2.21. The van der Waals surface area contributed by atoms with Crippen LogP contribution in [-0.2, 0) is 24.8 Å². The maximum atomic E-state index is 12.3. The van der Waals surface area contributed by atoms with Crippen LogP contribution in [0.15, 0.2) is 22.7 Å². The first-order chi connectivity index (χ1) is 13.8. The molecule has 1 N–H and O–H groups in total. The summed E-state index contributed by atoms with van der Waals surface area (Å²) in [5.74, 6) is -0.842. The molecule has 3 aromatic rings. The first-order valence-electron chi connectivity index (χ1n) is 8.76. The molecule has 3 rings (SSSR count). The van der Waals surface area contributed by atoms with E-state index >= 15 is 0 Å². The van der Waals surface area contributed by atoms with Crippen molar-refractivity contribution < 1.29 is 18.8 Å². The molecule has 152 valence electrons. The van der Waals surface area contributed by atoms with Gasteiger partial charge in [-0.2, -0.15) is 10.1 Å². The number of nitrogens with one attached hydrogen (secondary N) is 1. The van der Waals surface area contributed by atoms with Crippen molar-refractivity contribution in [1.29, 1.82) is 0 Å². The molecule has 0 atom stereocenters. The highest BCUT2D eigenvalue weighted by atomic mass is 35.5. The van der Waals surface area contributed by atoms with E-state index in [-0.39, 0.29) is 18.1 Å². The van der Waals surface area contributed by atoms with E-state index in [9.17, 15) is 9.59 Å². The van der Waals surface area contributed by atoms with Crippen LogP contribution in [0.2, 0.25) is 5.02 Å². The Bertz CT molecular complexity index is 1070. The molecule has 1 amide bonds. The molecule has 0 saturated carbocycles. The topological polar surface area (TPSA) is 112 Å². The Balaban J connectivity index is 1.69.